The smallest absolute Gasteiger partial charge is 0.179 e. The fraction of sp³-hybridized carbons (Fsp3) is 0.364. The summed E-state index contributed by atoms with van der Waals surface area (Å²) in [6.07, 6.45) is 3.23. The van der Waals surface area contributed by atoms with Gasteiger partial charge in [0.15, 0.2) is 6.19 Å². The SMILES string of the molecule is N#CN1CCC(NSc2ccccc2)C1. The predicted octanol–water partition coefficient (Wildman–Crippen LogP) is 1.84. The van der Waals surface area contributed by atoms with Crippen molar-refractivity contribution in [2.24, 2.45) is 0 Å². The van der Waals surface area contributed by atoms with Crippen molar-refractivity contribution in [2.45, 2.75) is 17.4 Å². The van der Waals surface area contributed by atoms with Crippen LogP contribution in [0.5, 0.6) is 0 Å². The van der Waals surface area contributed by atoms with E-state index in [1.54, 1.807) is 16.8 Å². The second-order valence-electron chi connectivity index (χ2n) is 3.56. The summed E-state index contributed by atoms with van der Waals surface area (Å²) in [5, 5.41) is 8.71. The largest absolute Gasteiger partial charge is 0.309 e. The van der Waals surface area contributed by atoms with Gasteiger partial charge in [-0.2, -0.15) is 5.26 Å². The normalized spacial score (nSPS) is 20.2. The minimum atomic E-state index is 0.426. The van der Waals surface area contributed by atoms with E-state index in [1.165, 1.54) is 4.90 Å². The molecule has 78 valence electrons. The molecule has 3 nitrogen and oxygen atoms in total. The van der Waals surface area contributed by atoms with Crippen LogP contribution in [-0.4, -0.2) is 24.0 Å². The average molecular weight is 219 g/mol. The van der Waals surface area contributed by atoms with E-state index in [9.17, 15) is 0 Å². The number of likely N-dealkylation sites (tertiary alicyclic amines) is 1. The van der Waals surface area contributed by atoms with E-state index in [0.29, 0.717) is 6.04 Å². The zero-order chi connectivity index (χ0) is 10.5. The number of nitrogens with zero attached hydrogens (tertiary/aromatic N) is 2. The molecule has 1 N–H and O–H groups in total. The number of benzene rings is 1. The van der Waals surface area contributed by atoms with Crippen LogP contribution in [-0.2, 0) is 0 Å². The monoisotopic (exact) mass is 219 g/mol. The molecule has 1 unspecified atom stereocenters. The zero-order valence-electron chi connectivity index (χ0n) is 8.39. The van der Waals surface area contributed by atoms with Crippen molar-refractivity contribution in [3.63, 3.8) is 0 Å². The van der Waals surface area contributed by atoms with E-state index in [2.05, 4.69) is 23.0 Å². The van der Waals surface area contributed by atoms with E-state index in [1.807, 2.05) is 18.2 Å². The fourth-order valence-electron chi connectivity index (χ4n) is 1.59. The van der Waals surface area contributed by atoms with Crippen molar-refractivity contribution < 1.29 is 0 Å². The molecule has 1 saturated heterocycles. The van der Waals surface area contributed by atoms with E-state index >= 15 is 0 Å². The molecule has 1 heterocycles. The van der Waals surface area contributed by atoms with Crippen LogP contribution in [0.4, 0.5) is 0 Å². The van der Waals surface area contributed by atoms with Gasteiger partial charge in [-0.1, -0.05) is 18.2 Å². The molecule has 0 amide bonds. The lowest BCUT2D eigenvalue weighted by atomic mass is 10.3. The molecular formula is C11H13N3S. The summed E-state index contributed by atoms with van der Waals surface area (Å²) >= 11 is 1.64. The third kappa shape index (κ3) is 2.88. The summed E-state index contributed by atoms with van der Waals surface area (Å²) in [7, 11) is 0. The molecular weight excluding hydrogens is 206 g/mol. The lowest BCUT2D eigenvalue weighted by molar-refractivity contribution is 0.475. The van der Waals surface area contributed by atoms with Crippen molar-refractivity contribution in [3.05, 3.63) is 30.3 Å². The van der Waals surface area contributed by atoms with Crippen LogP contribution in [0, 0.1) is 11.5 Å². The summed E-state index contributed by atoms with van der Waals surface area (Å²) in [5.41, 5.74) is 0. The Morgan fingerprint density at radius 2 is 2.20 bits per heavy atom. The Bertz CT molecular complexity index is 347. The van der Waals surface area contributed by atoms with Gasteiger partial charge in [-0.3, -0.25) is 4.72 Å². The minimum Gasteiger partial charge on any atom is -0.309 e. The molecule has 2 rings (SSSR count). The third-order valence-electron chi connectivity index (χ3n) is 2.42. The number of hydrogen-bond donors (Lipinski definition) is 1. The van der Waals surface area contributed by atoms with E-state index in [4.69, 9.17) is 5.26 Å². The van der Waals surface area contributed by atoms with Crippen molar-refractivity contribution in [3.8, 4) is 6.19 Å². The summed E-state index contributed by atoms with van der Waals surface area (Å²) < 4.78 is 3.39. The van der Waals surface area contributed by atoms with Gasteiger partial charge in [0.05, 0.1) is 0 Å². The standard InChI is InChI=1S/C11H13N3S/c12-9-14-7-6-10(8-14)13-15-11-4-2-1-3-5-11/h1-5,10,13H,6-8H2. The topological polar surface area (TPSA) is 39.1 Å². The first-order valence-electron chi connectivity index (χ1n) is 5.00. The number of nitrogens with one attached hydrogen (secondary N) is 1. The van der Waals surface area contributed by atoms with E-state index < -0.39 is 0 Å². The van der Waals surface area contributed by atoms with Crippen LogP contribution in [0.15, 0.2) is 35.2 Å². The summed E-state index contributed by atoms with van der Waals surface area (Å²) in [4.78, 5) is 3.01. The van der Waals surface area contributed by atoms with Gasteiger partial charge in [-0.15, -0.1) is 0 Å². The van der Waals surface area contributed by atoms with Crippen molar-refractivity contribution in [1.82, 2.24) is 9.62 Å². The average Bonchev–Trinajstić information content (AvgIpc) is 2.76. The molecule has 1 aliphatic heterocycles. The molecule has 0 saturated carbocycles. The maximum absolute atomic E-state index is 8.71. The molecule has 1 aromatic rings. The van der Waals surface area contributed by atoms with Gasteiger partial charge in [0.2, 0.25) is 0 Å². The lowest BCUT2D eigenvalue weighted by Gasteiger charge is -2.10. The van der Waals surface area contributed by atoms with Gasteiger partial charge < -0.3 is 4.90 Å². The van der Waals surface area contributed by atoms with Gasteiger partial charge in [-0.05, 0) is 30.5 Å². The highest BCUT2D eigenvalue weighted by Crippen LogP contribution is 2.17. The van der Waals surface area contributed by atoms with Gasteiger partial charge in [0.25, 0.3) is 0 Å². The van der Waals surface area contributed by atoms with Crippen LogP contribution < -0.4 is 4.72 Å². The van der Waals surface area contributed by atoms with E-state index in [-0.39, 0.29) is 0 Å². The molecule has 0 bridgehead atoms. The Morgan fingerprint density at radius 3 is 2.87 bits per heavy atom. The predicted molar refractivity (Wildman–Crippen MR) is 61.0 cm³/mol. The van der Waals surface area contributed by atoms with Gasteiger partial charge in [-0.25, -0.2) is 0 Å². The highest BCUT2D eigenvalue weighted by molar-refractivity contribution is 7.97. The fourth-order valence-corrected chi connectivity index (χ4v) is 2.38. The second-order valence-corrected chi connectivity index (χ2v) is 4.48. The summed E-state index contributed by atoms with van der Waals surface area (Å²) in [5.74, 6) is 0. The minimum absolute atomic E-state index is 0.426. The van der Waals surface area contributed by atoms with Crippen molar-refractivity contribution in [1.29, 1.82) is 5.26 Å². The molecule has 1 fully saturated rings. The first kappa shape index (κ1) is 10.3. The maximum Gasteiger partial charge on any atom is 0.179 e. The molecule has 1 aliphatic rings. The first-order chi connectivity index (χ1) is 7.38. The Balaban J connectivity index is 1.78. The Kier molecular flexibility index (Phi) is 3.49. The van der Waals surface area contributed by atoms with Crippen LogP contribution in [0.2, 0.25) is 0 Å². The molecule has 15 heavy (non-hydrogen) atoms. The van der Waals surface area contributed by atoms with Crippen LogP contribution in [0.3, 0.4) is 0 Å². The van der Waals surface area contributed by atoms with Gasteiger partial charge in [0, 0.05) is 24.0 Å². The number of rotatable bonds is 3. The maximum atomic E-state index is 8.71. The van der Waals surface area contributed by atoms with E-state index in [0.717, 1.165) is 19.5 Å². The highest BCUT2D eigenvalue weighted by atomic mass is 32.2. The van der Waals surface area contributed by atoms with Crippen molar-refractivity contribution >= 4 is 11.9 Å². The highest BCUT2D eigenvalue weighted by Gasteiger charge is 2.20. The quantitative estimate of drug-likeness (QED) is 0.622. The van der Waals surface area contributed by atoms with Gasteiger partial charge >= 0.3 is 0 Å². The van der Waals surface area contributed by atoms with Crippen LogP contribution >= 0.6 is 11.9 Å². The summed E-state index contributed by atoms with van der Waals surface area (Å²) in [6, 6.07) is 10.6. The van der Waals surface area contributed by atoms with Gasteiger partial charge in [0.1, 0.15) is 0 Å². The van der Waals surface area contributed by atoms with Crippen molar-refractivity contribution in [2.75, 3.05) is 13.1 Å². The Morgan fingerprint density at radius 1 is 1.40 bits per heavy atom. The lowest BCUT2D eigenvalue weighted by Crippen LogP contribution is -2.25. The molecule has 0 radical (unpaired) electrons. The Labute approximate surface area is 94.2 Å². The molecule has 1 atom stereocenters. The van der Waals surface area contributed by atoms with Crippen LogP contribution in [0.25, 0.3) is 0 Å². The molecule has 0 aromatic heterocycles. The zero-order valence-corrected chi connectivity index (χ0v) is 9.20. The molecule has 0 aliphatic carbocycles. The molecule has 0 spiro atoms. The Hall–Kier alpha value is -1.18. The molecule has 1 aromatic carbocycles. The summed E-state index contributed by atoms with van der Waals surface area (Å²) in [6.45, 7) is 1.71. The molecule has 4 heteroatoms. The first-order valence-corrected chi connectivity index (χ1v) is 5.82. The number of hydrogen-bond acceptors (Lipinski definition) is 4. The number of nitriles is 1. The second kappa shape index (κ2) is 5.06. The third-order valence-corrected chi connectivity index (χ3v) is 3.38. The van der Waals surface area contributed by atoms with Crippen LogP contribution in [0.1, 0.15) is 6.42 Å².